The Bertz CT molecular complexity index is 1860. The van der Waals surface area contributed by atoms with E-state index in [0.717, 1.165) is 12.0 Å². The molecule has 4 aliphatic rings. The molecule has 2 saturated heterocycles. The molecule has 1 amide bonds. The number of amides is 1. The number of rotatable bonds is 9. The van der Waals surface area contributed by atoms with Crippen molar-refractivity contribution in [3.05, 3.63) is 47.6 Å². The first kappa shape index (κ1) is 56.9. The second-order valence-corrected chi connectivity index (χ2v) is 20.0. The Hall–Kier alpha value is -3.70. The number of aliphatic hydroxyl groups is 2. The highest BCUT2D eigenvalue weighted by Crippen LogP contribution is 2.38. The van der Waals surface area contributed by atoms with E-state index in [2.05, 4.69) is 0 Å². The number of Topliss-reactive ketones (excluding diaryl/α,β-unsaturated/α-hetero) is 4. The molecule has 382 valence electrons. The minimum Gasteiger partial charge on any atom is -0.460 e. The van der Waals surface area contributed by atoms with Crippen LogP contribution in [0.3, 0.4) is 0 Å². The molecular weight excluding hydrogens is 875 g/mol. The van der Waals surface area contributed by atoms with E-state index in [1.807, 2.05) is 51.2 Å². The van der Waals surface area contributed by atoms with Crippen LogP contribution in [0, 0.1) is 35.5 Å². The maximum atomic E-state index is 14.4. The van der Waals surface area contributed by atoms with Gasteiger partial charge in [-0.25, -0.2) is 4.79 Å². The smallest absolute Gasteiger partial charge is 0.329 e. The lowest BCUT2D eigenvalue weighted by Gasteiger charge is -2.42. The number of piperidine rings is 1. The number of hydrogen-bond donors (Lipinski definition) is 2. The summed E-state index contributed by atoms with van der Waals surface area (Å²) < 4.78 is 35.4. The van der Waals surface area contributed by atoms with Gasteiger partial charge in [0, 0.05) is 58.5 Å². The summed E-state index contributed by atoms with van der Waals surface area (Å²) >= 11 is 0. The summed E-state index contributed by atoms with van der Waals surface area (Å²) in [4.78, 5) is 85.8. The van der Waals surface area contributed by atoms with Crippen LogP contribution in [0.25, 0.3) is 0 Å². The molecule has 68 heavy (non-hydrogen) atoms. The zero-order valence-corrected chi connectivity index (χ0v) is 42.3. The van der Waals surface area contributed by atoms with Gasteiger partial charge in [0.05, 0.1) is 37.6 Å². The van der Waals surface area contributed by atoms with E-state index in [0.29, 0.717) is 57.8 Å². The van der Waals surface area contributed by atoms with Gasteiger partial charge in [0.2, 0.25) is 5.79 Å². The van der Waals surface area contributed by atoms with E-state index in [1.165, 1.54) is 18.1 Å². The number of carbonyl (C=O) groups is 6. The molecule has 0 radical (unpaired) electrons. The van der Waals surface area contributed by atoms with Gasteiger partial charge in [0.25, 0.3) is 11.7 Å². The fourth-order valence-electron chi connectivity index (χ4n) is 10.4. The van der Waals surface area contributed by atoms with Crippen molar-refractivity contribution in [3.8, 4) is 0 Å². The molecule has 1 aliphatic carbocycles. The molecule has 3 heterocycles. The Labute approximate surface area is 404 Å². The van der Waals surface area contributed by atoms with Gasteiger partial charge >= 0.3 is 5.97 Å². The molecule has 0 aromatic carbocycles. The van der Waals surface area contributed by atoms with Gasteiger partial charge in [0.1, 0.15) is 12.1 Å². The summed E-state index contributed by atoms with van der Waals surface area (Å²) in [6.07, 6.45) is 12.7. The lowest BCUT2D eigenvalue weighted by Crippen LogP contribution is -2.61. The molecular formula is C53H81NO14. The highest BCUT2D eigenvalue weighted by molar-refractivity contribution is 6.39. The number of methoxy groups -OCH3 is 3. The molecule has 0 aromatic rings. The van der Waals surface area contributed by atoms with Crippen molar-refractivity contribution in [2.24, 2.45) is 35.5 Å². The van der Waals surface area contributed by atoms with Gasteiger partial charge in [-0.3, -0.25) is 24.0 Å². The fraction of sp³-hybridized carbons (Fsp3) is 0.736. The molecule has 1 saturated carbocycles. The number of ketones is 4. The summed E-state index contributed by atoms with van der Waals surface area (Å²) in [7, 11) is 4.52. The van der Waals surface area contributed by atoms with Crippen molar-refractivity contribution < 1.29 is 67.4 Å². The molecule has 15 nitrogen and oxygen atoms in total. The second kappa shape index (κ2) is 27.1. The molecule has 3 aliphatic heterocycles. The number of nitrogens with zero attached hydrogens (tertiary/aromatic N) is 1. The summed E-state index contributed by atoms with van der Waals surface area (Å²) in [5.74, 6) is -8.91. The average molecular weight is 956 g/mol. The number of cyclic esters (lactones) is 1. The molecule has 3 fully saturated rings. The zero-order chi connectivity index (χ0) is 50.3. The van der Waals surface area contributed by atoms with Gasteiger partial charge in [-0.15, -0.1) is 0 Å². The highest BCUT2D eigenvalue weighted by Gasteiger charge is 2.53. The summed E-state index contributed by atoms with van der Waals surface area (Å²) in [5.41, 5.74) is 1.12. The Morgan fingerprint density at radius 3 is 2.25 bits per heavy atom. The normalized spacial score (nSPS) is 35.6. The maximum absolute atomic E-state index is 14.4. The molecule has 0 spiro atoms. The molecule has 14 atom stereocenters. The third kappa shape index (κ3) is 15.2. The first-order valence-corrected chi connectivity index (χ1v) is 24.9. The standard InChI is InChI=1S/C53H81NO14/c1-32-16-12-11-13-17-33(2)44(63-8)30-40-21-19-38(7)53(62,68-40)50(59)51(60)54-23-15-14-18-41(54)52(61)67-45(35(4)28-39-20-22-43(66-25-24-55)46(29-39)64-9)31-42(56)34(3)27-37(6)48(58)49(65-10)47(57)36(5)26-32/h11-13,16-17,27,32,35-41,43-46,49,55,62H,14-15,18-26,28-31H2,1-10H3/t32-,35?,36-,37?,38-,39-,40+,41+,43-,44+,45?,46-,49+,53?/m1/s1. The van der Waals surface area contributed by atoms with Gasteiger partial charge < -0.3 is 43.5 Å². The average Bonchev–Trinajstić information content (AvgIpc) is 3.32. The van der Waals surface area contributed by atoms with Crippen molar-refractivity contribution in [3.63, 3.8) is 0 Å². The molecule has 2 N–H and O–H groups in total. The van der Waals surface area contributed by atoms with Crippen LogP contribution in [0.4, 0.5) is 0 Å². The van der Waals surface area contributed by atoms with Crippen LogP contribution in [0.2, 0.25) is 0 Å². The van der Waals surface area contributed by atoms with Crippen LogP contribution in [0.5, 0.6) is 0 Å². The topological polar surface area (TPSA) is 201 Å². The number of ether oxygens (including phenoxy) is 6. The maximum Gasteiger partial charge on any atom is 0.329 e. The van der Waals surface area contributed by atoms with Gasteiger partial charge in [-0.05, 0) is 107 Å². The predicted octanol–water partition coefficient (Wildman–Crippen LogP) is 6.41. The third-order valence-corrected chi connectivity index (χ3v) is 14.7. The minimum atomic E-state index is -2.44. The molecule has 4 rings (SSSR count). The fourth-order valence-corrected chi connectivity index (χ4v) is 10.4. The van der Waals surface area contributed by atoms with E-state index in [9.17, 15) is 39.0 Å². The zero-order valence-electron chi connectivity index (χ0n) is 42.3. The number of allylic oxidation sites excluding steroid dienone is 7. The third-order valence-electron chi connectivity index (χ3n) is 14.7. The quantitative estimate of drug-likeness (QED) is 0.146. The summed E-state index contributed by atoms with van der Waals surface area (Å²) in [5, 5.41) is 21.3. The lowest BCUT2D eigenvalue weighted by molar-refractivity contribution is -0.265. The van der Waals surface area contributed by atoms with Gasteiger partial charge in [-0.2, -0.15) is 0 Å². The van der Waals surface area contributed by atoms with Crippen LogP contribution in [-0.2, 0) is 57.2 Å². The largest absolute Gasteiger partial charge is 0.460 e. The van der Waals surface area contributed by atoms with Gasteiger partial charge in [0.15, 0.2) is 23.5 Å². The Balaban J connectivity index is 1.70. The van der Waals surface area contributed by atoms with E-state index in [1.54, 1.807) is 41.9 Å². The SMILES string of the molecule is CO[C@@H]1C(=O)C(C)C=C(C)C(=O)CC(C(C)C[C@H]2CC[C@@H](OCCO)[C@H](OC)C2)OC(=O)[C@@H]2CCCCN2C(=O)C(=O)C2(O)O[C@@H](CC[C@H]2C)C[C@H](OC)C(C)=CC=CC=C[C@@H](C)C[C@@H](C)C1=O. The van der Waals surface area contributed by atoms with E-state index >= 15 is 0 Å². The number of carbonyl (C=O) groups excluding carboxylic acids is 6. The molecule has 4 unspecified atom stereocenters. The second-order valence-electron chi connectivity index (χ2n) is 20.0. The van der Waals surface area contributed by atoms with Crippen LogP contribution in [0.1, 0.15) is 126 Å². The Kier molecular flexibility index (Phi) is 22.6. The van der Waals surface area contributed by atoms with Gasteiger partial charge in [-0.1, -0.05) is 71.1 Å². The number of fused-ring (bicyclic) bond motifs is 3. The molecule has 15 heteroatoms. The van der Waals surface area contributed by atoms with E-state index in [4.69, 9.17) is 28.4 Å². The number of aliphatic hydroxyl groups excluding tert-OH is 1. The Morgan fingerprint density at radius 1 is 0.838 bits per heavy atom. The highest BCUT2D eigenvalue weighted by atomic mass is 16.6. The van der Waals surface area contributed by atoms with E-state index < -0.39 is 77.4 Å². The molecule has 2 bridgehead atoms. The number of hydrogen-bond acceptors (Lipinski definition) is 14. The summed E-state index contributed by atoms with van der Waals surface area (Å²) in [6, 6.07) is -1.16. The van der Waals surface area contributed by atoms with Crippen molar-refractivity contribution in [2.45, 2.75) is 174 Å². The minimum absolute atomic E-state index is 0.0112. The van der Waals surface area contributed by atoms with Crippen molar-refractivity contribution in [1.82, 2.24) is 4.90 Å². The molecule has 0 aromatic heterocycles. The van der Waals surface area contributed by atoms with Crippen LogP contribution in [0.15, 0.2) is 47.6 Å². The van der Waals surface area contributed by atoms with Crippen LogP contribution >= 0.6 is 0 Å². The summed E-state index contributed by atoms with van der Waals surface area (Å²) in [6.45, 7) is 12.6. The van der Waals surface area contributed by atoms with E-state index in [-0.39, 0.29) is 79.7 Å². The van der Waals surface area contributed by atoms with Crippen molar-refractivity contribution in [1.29, 1.82) is 0 Å². The first-order chi connectivity index (χ1) is 32.3. The van der Waals surface area contributed by atoms with Crippen LogP contribution < -0.4 is 0 Å². The monoisotopic (exact) mass is 956 g/mol. The first-order valence-electron chi connectivity index (χ1n) is 24.9. The predicted molar refractivity (Wildman–Crippen MR) is 255 cm³/mol. The van der Waals surface area contributed by atoms with Crippen molar-refractivity contribution >= 4 is 35.0 Å². The lowest BCUT2D eigenvalue weighted by atomic mass is 9.78. The Morgan fingerprint density at radius 2 is 1.57 bits per heavy atom. The van der Waals surface area contributed by atoms with Crippen LogP contribution in [-0.4, -0.2) is 140 Å². The van der Waals surface area contributed by atoms with Crippen molar-refractivity contribution in [2.75, 3.05) is 41.1 Å². The number of esters is 1.